The van der Waals surface area contributed by atoms with E-state index in [1.165, 1.54) is 6.07 Å². The summed E-state index contributed by atoms with van der Waals surface area (Å²) in [5.74, 6) is 0. The van der Waals surface area contributed by atoms with Crippen LogP contribution in [0.1, 0.15) is 64.7 Å². The third-order valence-electron chi connectivity index (χ3n) is 4.93. The van der Waals surface area contributed by atoms with Crippen LogP contribution in [0.25, 0.3) is 0 Å². The highest BCUT2D eigenvalue weighted by Crippen LogP contribution is 2.42. The zero-order valence-corrected chi connectivity index (χ0v) is 15.2. The Balaban J connectivity index is 4.00. The first-order valence-electron chi connectivity index (χ1n) is 7.86. The summed E-state index contributed by atoms with van der Waals surface area (Å²) in [5, 5.41) is -1.40. The Bertz CT molecular complexity index is 626. The topological polar surface area (TPSA) is 0 Å². The molecule has 0 aromatic heterocycles. The lowest BCUT2D eigenvalue weighted by molar-refractivity contribution is -0.135. The molecule has 0 atom stereocenters. The van der Waals surface area contributed by atoms with Crippen molar-refractivity contribution in [3.8, 4) is 0 Å². The molecule has 1 aromatic carbocycles. The fourth-order valence-electron chi connectivity index (χ4n) is 2.68. The van der Waals surface area contributed by atoms with E-state index in [9.17, 15) is 13.2 Å². The van der Waals surface area contributed by atoms with Crippen molar-refractivity contribution >= 4 is 42.3 Å². The predicted octanol–water partition coefficient (Wildman–Crippen LogP) is 2.52. The molecule has 0 saturated heterocycles. The number of hydrogen-bond donors (Lipinski definition) is 0. The number of halogens is 3. The standard InChI is InChI=1S/C17H21B4F3/c1-7-15(5,6)11-9(16(20,21)14(2,3)4)8-10(18)12(13(11)19)17(22,23)24/h8H,7H2,1-6H3. The molecule has 1 aromatic rings. The molecular formula is C17H21B4F3. The van der Waals surface area contributed by atoms with Crippen molar-refractivity contribution in [3.05, 3.63) is 22.8 Å². The van der Waals surface area contributed by atoms with Gasteiger partial charge in [-0.25, -0.2) is 0 Å². The second kappa shape index (κ2) is 6.21. The van der Waals surface area contributed by atoms with Gasteiger partial charge in [-0.15, -0.1) is 0 Å². The van der Waals surface area contributed by atoms with Gasteiger partial charge in [-0.3, -0.25) is 0 Å². The number of benzene rings is 1. The van der Waals surface area contributed by atoms with Gasteiger partial charge in [0.05, 0.1) is 15.7 Å². The van der Waals surface area contributed by atoms with Crippen LogP contribution in [0.2, 0.25) is 0 Å². The molecule has 0 fully saturated rings. The number of hydrogen-bond acceptors (Lipinski definition) is 0. The Labute approximate surface area is 149 Å². The first-order chi connectivity index (χ1) is 10.5. The molecule has 0 aliphatic heterocycles. The second-order valence-corrected chi connectivity index (χ2v) is 8.03. The molecule has 0 bridgehead atoms. The summed E-state index contributed by atoms with van der Waals surface area (Å²) in [6.07, 6.45) is -4.09. The molecule has 0 aliphatic rings. The first kappa shape index (κ1) is 21.3. The number of alkyl halides is 3. The molecule has 0 amide bonds. The lowest BCUT2D eigenvalue weighted by Crippen LogP contribution is -2.47. The smallest absolute Gasteiger partial charge is 0.166 e. The van der Waals surface area contributed by atoms with E-state index in [0.29, 0.717) is 17.5 Å². The molecule has 122 valence electrons. The second-order valence-electron chi connectivity index (χ2n) is 8.03. The van der Waals surface area contributed by atoms with E-state index < -0.39 is 38.7 Å². The summed E-state index contributed by atoms with van der Waals surface area (Å²) in [5.41, 5.74) is -2.49. The van der Waals surface area contributed by atoms with Gasteiger partial charge in [-0.05, 0) is 22.8 Å². The molecule has 0 saturated carbocycles. The van der Waals surface area contributed by atoms with Gasteiger partial charge < -0.3 is 0 Å². The minimum atomic E-state index is -4.65. The van der Waals surface area contributed by atoms with Crippen LogP contribution in [-0.2, 0) is 16.8 Å². The van der Waals surface area contributed by atoms with E-state index in [1.807, 2.05) is 41.5 Å². The highest BCUT2D eigenvalue weighted by Gasteiger charge is 2.42. The lowest BCUT2D eigenvalue weighted by atomic mass is 9.39. The van der Waals surface area contributed by atoms with Crippen LogP contribution in [0, 0.1) is 5.41 Å². The molecular weight excluding hydrogens is 304 g/mol. The molecule has 0 spiro atoms. The maximum absolute atomic E-state index is 13.4. The van der Waals surface area contributed by atoms with E-state index in [4.69, 9.17) is 31.4 Å². The van der Waals surface area contributed by atoms with E-state index in [-0.39, 0.29) is 0 Å². The third-order valence-corrected chi connectivity index (χ3v) is 4.93. The van der Waals surface area contributed by atoms with Crippen molar-refractivity contribution in [1.82, 2.24) is 0 Å². The van der Waals surface area contributed by atoms with Gasteiger partial charge in [0, 0.05) is 5.56 Å². The minimum absolute atomic E-state index is 0.312. The third kappa shape index (κ3) is 3.60. The first-order valence-corrected chi connectivity index (χ1v) is 7.86. The number of rotatable bonds is 3. The maximum Gasteiger partial charge on any atom is 0.415 e. The average Bonchev–Trinajstić information content (AvgIpc) is 2.34. The van der Waals surface area contributed by atoms with E-state index >= 15 is 0 Å². The Morgan fingerprint density at radius 2 is 1.38 bits per heavy atom. The Hall–Kier alpha value is -0.730. The lowest BCUT2D eigenvalue weighted by Gasteiger charge is -2.45. The van der Waals surface area contributed by atoms with Crippen LogP contribution in [-0.4, -0.2) is 31.4 Å². The van der Waals surface area contributed by atoms with Gasteiger partial charge in [-0.2, -0.15) is 13.2 Å². The van der Waals surface area contributed by atoms with Crippen LogP contribution in [0.5, 0.6) is 0 Å². The summed E-state index contributed by atoms with van der Waals surface area (Å²) < 4.78 is 40.3. The van der Waals surface area contributed by atoms with Crippen molar-refractivity contribution in [1.29, 1.82) is 0 Å². The van der Waals surface area contributed by atoms with E-state index in [0.717, 1.165) is 0 Å². The van der Waals surface area contributed by atoms with Gasteiger partial charge in [0.25, 0.3) is 0 Å². The molecule has 0 unspecified atom stereocenters. The molecule has 7 heteroatoms. The summed E-state index contributed by atoms with van der Waals surface area (Å²) >= 11 is 0. The molecule has 1 rings (SSSR count). The quantitative estimate of drug-likeness (QED) is 0.749. The Morgan fingerprint density at radius 3 is 1.71 bits per heavy atom. The predicted molar refractivity (Wildman–Crippen MR) is 98.2 cm³/mol. The monoisotopic (exact) mass is 326 g/mol. The summed E-state index contributed by atoms with van der Waals surface area (Å²) in [4.78, 5) is 0. The largest absolute Gasteiger partial charge is 0.415 e. The summed E-state index contributed by atoms with van der Waals surface area (Å²) in [6, 6.07) is 1.23. The Morgan fingerprint density at radius 1 is 0.917 bits per heavy atom. The van der Waals surface area contributed by atoms with Gasteiger partial charge >= 0.3 is 6.18 Å². The van der Waals surface area contributed by atoms with Crippen molar-refractivity contribution in [3.63, 3.8) is 0 Å². The van der Waals surface area contributed by atoms with E-state index in [2.05, 4.69) is 0 Å². The highest BCUT2D eigenvalue weighted by molar-refractivity contribution is 6.44. The van der Waals surface area contributed by atoms with Crippen LogP contribution in [0.15, 0.2) is 6.07 Å². The molecule has 8 radical (unpaired) electrons. The zero-order valence-electron chi connectivity index (χ0n) is 15.2. The molecule has 0 N–H and O–H groups in total. The maximum atomic E-state index is 13.4. The van der Waals surface area contributed by atoms with Crippen LogP contribution in [0.4, 0.5) is 13.2 Å². The summed E-state index contributed by atoms with van der Waals surface area (Å²) in [7, 11) is 24.4. The van der Waals surface area contributed by atoms with Crippen molar-refractivity contribution in [2.45, 2.75) is 64.8 Å². The van der Waals surface area contributed by atoms with E-state index in [1.54, 1.807) is 0 Å². The van der Waals surface area contributed by atoms with Crippen molar-refractivity contribution < 1.29 is 13.2 Å². The van der Waals surface area contributed by atoms with Crippen LogP contribution < -0.4 is 10.9 Å². The molecule has 24 heavy (non-hydrogen) atoms. The average molecular weight is 326 g/mol. The van der Waals surface area contributed by atoms with Crippen molar-refractivity contribution in [2.24, 2.45) is 5.41 Å². The van der Waals surface area contributed by atoms with Crippen molar-refractivity contribution in [2.75, 3.05) is 0 Å². The fourth-order valence-corrected chi connectivity index (χ4v) is 2.68. The van der Waals surface area contributed by atoms with Crippen LogP contribution in [0.3, 0.4) is 0 Å². The van der Waals surface area contributed by atoms with Gasteiger partial charge in [0.1, 0.15) is 15.7 Å². The molecule has 0 aliphatic carbocycles. The van der Waals surface area contributed by atoms with Crippen LogP contribution >= 0.6 is 0 Å². The zero-order chi connectivity index (χ0) is 19.3. The highest BCUT2D eigenvalue weighted by atomic mass is 19.4. The Kier molecular flexibility index (Phi) is 5.52. The fraction of sp³-hybridized carbons (Fsp3) is 0.647. The van der Waals surface area contributed by atoms with Gasteiger partial charge in [0.15, 0.2) is 0 Å². The SMILES string of the molecule is [B]c1cc(C([B])([B])C(C)(C)C)c(C(C)(C)CC)c([B])c1C(F)(F)F. The minimum Gasteiger partial charge on any atom is -0.166 e. The van der Waals surface area contributed by atoms with Gasteiger partial charge in [0.2, 0.25) is 0 Å². The molecule has 0 heterocycles. The normalized spacial score (nSPS) is 14.0. The molecule has 0 nitrogen and oxygen atoms in total. The van der Waals surface area contributed by atoms with Gasteiger partial charge in [-0.1, -0.05) is 69.3 Å². The summed E-state index contributed by atoms with van der Waals surface area (Å²) in [6.45, 7) is 11.0.